The Morgan fingerprint density at radius 1 is 1.31 bits per heavy atom. The Kier molecular flexibility index (Phi) is 6.28. The maximum atomic E-state index is 11.7. The number of esters is 1. The lowest BCUT2D eigenvalue weighted by Crippen LogP contribution is -2.28. The molecule has 0 N–H and O–H groups in total. The minimum absolute atomic E-state index is 0.354. The summed E-state index contributed by atoms with van der Waals surface area (Å²) in [7, 11) is 0. The van der Waals surface area contributed by atoms with Crippen molar-refractivity contribution in [3.05, 3.63) is 42.2 Å². The Bertz CT molecular complexity index is 711. The highest BCUT2D eigenvalue weighted by atomic mass is 16.5. The summed E-state index contributed by atoms with van der Waals surface area (Å²) in [4.78, 5) is 14.2. The van der Waals surface area contributed by atoms with Gasteiger partial charge in [0, 0.05) is 18.8 Å². The maximum Gasteiger partial charge on any atom is 0.341 e. The van der Waals surface area contributed by atoms with E-state index in [-0.39, 0.29) is 5.97 Å². The van der Waals surface area contributed by atoms with E-state index in [1.165, 1.54) is 25.6 Å². The van der Waals surface area contributed by atoms with Crippen molar-refractivity contribution >= 4 is 5.97 Å². The summed E-state index contributed by atoms with van der Waals surface area (Å²) in [5.74, 6) is 0.493. The summed E-state index contributed by atoms with van der Waals surface area (Å²) in [5.41, 5.74) is 1.32. The highest BCUT2D eigenvalue weighted by Crippen LogP contribution is 2.18. The predicted molar refractivity (Wildman–Crippen MR) is 99.9 cm³/mol. The fraction of sp³-hybridized carbons (Fsp3) is 0.500. The lowest BCUT2D eigenvalue weighted by Gasteiger charge is -2.20. The van der Waals surface area contributed by atoms with Crippen molar-refractivity contribution in [2.24, 2.45) is 0 Å². The number of hydrogen-bond acceptors (Lipinski definition) is 5. The molecule has 1 saturated heterocycles. The molecule has 1 aromatic carbocycles. The number of likely N-dealkylation sites (tertiary alicyclic amines) is 1. The number of rotatable bonds is 8. The monoisotopic (exact) mass is 357 g/mol. The van der Waals surface area contributed by atoms with E-state index in [2.05, 4.69) is 16.9 Å². The Balaban J connectivity index is 1.48. The predicted octanol–water partition coefficient (Wildman–Crippen LogP) is 3.30. The molecule has 0 spiro atoms. The topological polar surface area (TPSA) is 56.6 Å². The zero-order chi connectivity index (χ0) is 18.4. The first kappa shape index (κ1) is 18.5. The van der Waals surface area contributed by atoms with Crippen LogP contribution in [0, 0.1) is 0 Å². The number of benzene rings is 1. The third-order valence-electron chi connectivity index (χ3n) is 4.74. The van der Waals surface area contributed by atoms with Crippen LogP contribution in [0.3, 0.4) is 0 Å². The summed E-state index contributed by atoms with van der Waals surface area (Å²) in [5, 5.41) is 4.22. The van der Waals surface area contributed by atoms with Crippen LogP contribution in [-0.2, 0) is 4.74 Å². The number of ether oxygens (including phenoxy) is 2. The van der Waals surface area contributed by atoms with Crippen molar-refractivity contribution in [1.29, 1.82) is 0 Å². The molecule has 140 valence electrons. The Hall–Kier alpha value is -2.34. The van der Waals surface area contributed by atoms with Crippen molar-refractivity contribution in [2.75, 3.05) is 26.3 Å². The van der Waals surface area contributed by atoms with Gasteiger partial charge in [-0.15, -0.1) is 0 Å². The minimum Gasteiger partial charge on any atom is -0.494 e. The van der Waals surface area contributed by atoms with Gasteiger partial charge in [-0.25, -0.2) is 9.48 Å². The molecular weight excluding hydrogens is 330 g/mol. The fourth-order valence-electron chi connectivity index (χ4n) is 3.26. The largest absolute Gasteiger partial charge is 0.494 e. The van der Waals surface area contributed by atoms with Crippen LogP contribution in [-0.4, -0.2) is 53.0 Å². The van der Waals surface area contributed by atoms with Crippen molar-refractivity contribution in [3.63, 3.8) is 0 Å². The molecule has 0 unspecified atom stereocenters. The molecule has 2 heterocycles. The maximum absolute atomic E-state index is 11.7. The van der Waals surface area contributed by atoms with Gasteiger partial charge in [-0.05, 0) is 63.9 Å². The molecule has 1 aromatic heterocycles. The molecule has 6 nitrogen and oxygen atoms in total. The van der Waals surface area contributed by atoms with E-state index in [1.807, 2.05) is 24.3 Å². The van der Waals surface area contributed by atoms with Crippen molar-refractivity contribution in [2.45, 2.75) is 39.2 Å². The average Bonchev–Trinajstić information content (AvgIpc) is 3.29. The van der Waals surface area contributed by atoms with E-state index < -0.39 is 0 Å². The average molecular weight is 357 g/mol. The van der Waals surface area contributed by atoms with Crippen LogP contribution >= 0.6 is 0 Å². The van der Waals surface area contributed by atoms with Gasteiger partial charge in [-0.1, -0.05) is 0 Å². The molecular formula is C20H27N3O3. The quantitative estimate of drug-likeness (QED) is 0.536. The van der Waals surface area contributed by atoms with Gasteiger partial charge in [0.15, 0.2) is 0 Å². The Morgan fingerprint density at radius 2 is 2.12 bits per heavy atom. The molecule has 6 heteroatoms. The second-order valence-corrected chi connectivity index (χ2v) is 6.62. The van der Waals surface area contributed by atoms with Crippen LogP contribution < -0.4 is 4.74 Å². The lowest BCUT2D eigenvalue weighted by atomic mass is 10.2. The van der Waals surface area contributed by atoms with E-state index in [0.717, 1.165) is 31.0 Å². The molecule has 1 aliphatic heterocycles. The van der Waals surface area contributed by atoms with Gasteiger partial charge in [0.05, 0.1) is 30.7 Å². The molecule has 0 radical (unpaired) electrons. The van der Waals surface area contributed by atoms with Gasteiger partial charge in [-0.2, -0.15) is 5.10 Å². The summed E-state index contributed by atoms with van der Waals surface area (Å²) < 4.78 is 12.5. The molecule has 1 aliphatic rings. The van der Waals surface area contributed by atoms with Crippen LogP contribution in [0.15, 0.2) is 36.7 Å². The minimum atomic E-state index is -0.356. The molecule has 0 saturated carbocycles. The number of carbonyl (C=O) groups excluding carboxylic acids is 1. The zero-order valence-corrected chi connectivity index (χ0v) is 15.6. The van der Waals surface area contributed by atoms with Crippen LogP contribution in [0.2, 0.25) is 0 Å². The highest BCUT2D eigenvalue weighted by molar-refractivity contribution is 5.88. The van der Waals surface area contributed by atoms with Crippen LogP contribution in [0.1, 0.15) is 43.5 Å². The number of aromatic nitrogens is 2. The number of nitrogens with zero attached hydrogens (tertiary/aromatic N) is 3. The molecule has 0 bridgehead atoms. The second-order valence-electron chi connectivity index (χ2n) is 6.62. The smallest absolute Gasteiger partial charge is 0.341 e. The molecule has 0 amide bonds. The van der Waals surface area contributed by atoms with E-state index in [1.54, 1.807) is 17.8 Å². The first-order valence-corrected chi connectivity index (χ1v) is 9.36. The molecule has 2 aromatic rings. The standard InChI is InChI=1S/C20H27N3O3/c1-3-25-20(24)17-14-21-23(15-17)18-7-9-19(10-8-18)26-13-5-12-22-11-4-6-16(22)2/h7-10,14-16H,3-6,11-13H2,1-2H3/t16-/m1/s1. The van der Waals surface area contributed by atoms with Crippen molar-refractivity contribution in [1.82, 2.24) is 14.7 Å². The third-order valence-corrected chi connectivity index (χ3v) is 4.74. The number of carbonyl (C=O) groups is 1. The van der Waals surface area contributed by atoms with Crippen molar-refractivity contribution < 1.29 is 14.3 Å². The summed E-state index contributed by atoms with van der Waals surface area (Å²) in [6, 6.07) is 8.43. The molecule has 3 rings (SSSR count). The molecule has 26 heavy (non-hydrogen) atoms. The van der Waals surface area contributed by atoms with E-state index >= 15 is 0 Å². The van der Waals surface area contributed by atoms with Crippen molar-refractivity contribution in [3.8, 4) is 11.4 Å². The first-order chi connectivity index (χ1) is 12.7. The fourth-order valence-corrected chi connectivity index (χ4v) is 3.26. The van der Waals surface area contributed by atoms with Gasteiger partial charge in [0.1, 0.15) is 5.75 Å². The van der Waals surface area contributed by atoms with Gasteiger partial charge in [0.25, 0.3) is 0 Å². The molecule has 0 aliphatic carbocycles. The van der Waals surface area contributed by atoms with Gasteiger partial charge in [0.2, 0.25) is 0 Å². The first-order valence-electron chi connectivity index (χ1n) is 9.36. The van der Waals surface area contributed by atoms with E-state index in [0.29, 0.717) is 18.2 Å². The Labute approximate surface area is 154 Å². The van der Waals surface area contributed by atoms with Crippen LogP contribution in [0.4, 0.5) is 0 Å². The normalized spacial score (nSPS) is 17.4. The van der Waals surface area contributed by atoms with E-state index in [9.17, 15) is 4.79 Å². The number of hydrogen-bond donors (Lipinski definition) is 0. The SMILES string of the molecule is CCOC(=O)c1cnn(-c2ccc(OCCCN3CCC[C@H]3C)cc2)c1. The molecule has 1 atom stereocenters. The van der Waals surface area contributed by atoms with E-state index in [4.69, 9.17) is 9.47 Å². The highest BCUT2D eigenvalue weighted by Gasteiger charge is 2.19. The zero-order valence-electron chi connectivity index (χ0n) is 15.6. The lowest BCUT2D eigenvalue weighted by molar-refractivity contribution is 0.0526. The molecule has 1 fully saturated rings. The van der Waals surface area contributed by atoms with Gasteiger partial charge >= 0.3 is 5.97 Å². The van der Waals surface area contributed by atoms with Crippen LogP contribution in [0.5, 0.6) is 5.75 Å². The Morgan fingerprint density at radius 3 is 2.81 bits per heavy atom. The second kappa shape index (κ2) is 8.85. The summed E-state index contributed by atoms with van der Waals surface area (Å²) in [6.07, 6.45) is 6.85. The van der Waals surface area contributed by atoms with Gasteiger partial charge in [-0.3, -0.25) is 0 Å². The third kappa shape index (κ3) is 4.64. The summed E-state index contributed by atoms with van der Waals surface area (Å²) in [6.45, 7) is 7.47. The summed E-state index contributed by atoms with van der Waals surface area (Å²) >= 11 is 0. The van der Waals surface area contributed by atoms with Crippen LogP contribution in [0.25, 0.3) is 5.69 Å². The van der Waals surface area contributed by atoms with Gasteiger partial charge < -0.3 is 14.4 Å².